The molecule has 1 rings (SSSR count). The standard InChI is InChI=1S/C10H15F3N2O2S2/c1-14-6-8-5-9(18-7-8)19(16,17)15(2)4-3-10(11,12)13/h5,7,14H,3-4,6H2,1-2H3. The van der Waals surface area contributed by atoms with Crippen LogP contribution in [0.4, 0.5) is 13.2 Å². The SMILES string of the molecule is CNCc1csc(S(=O)(=O)N(C)CCC(F)(F)F)c1. The number of halogens is 3. The molecule has 1 aromatic rings. The summed E-state index contributed by atoms with van der Waals surface area (Å²) in [6, 6.07) is 1.47. The number of rotatable bonds is 6. The topological polar surface area (TPSA) is 49.4 Å². The van der Waals surface area contributed by atoms with Crippen molar-refractivity contribution >= 4 is 21.4 Å². The molecule has 0 aromatic carbocycles. The Morgan fingerprint density at radius 2 is 2.05 bits per heavy atom. The second kappa shape index (κ2) is 6.21. The van der Waals surface area contributed by atoms with E-state index in [1.165, 1.54) is 6.07 Å². The predicted octanol–water partition coefficient (Wildman–Crippen LogP) is 2.04. The molecule has 0 atom stereocenters. The van der Waals surface area contributed by atoms with Gasteiger partial charge in [0.05, 0.1) is 6.42 Å². The van der Waals surface area contributed by atoms with Crippen LogP contribution in [0, 0.1) is 0 Å². The van der Waals surface area contributed by atoms with E-state index in [0.717, 1.165) is 28.3 Å². The van der Waals surface area contributed by atoms with Crippen LogP contribution in [0.15, 0.2) is 15.7 Å². The van der Waals surface area contributed by atoms with E-state index in [1.54, 1.807) is 12.4 Å². The first-order valence-corrected chi connectivity index (χ1v) is 7.74. The summed E-state index contributed by atoms with van der Waals surface area (Å²) in [6.07, 6.45) is -5.52. The molecule has 19 heavy (non-hydrogen) atoms. The van der Waals surface area contributed by atoms with Gasteiger partial charge in [0.1, 0.15) is 4.21 Å². The average Bonchev–Trinajstić information content (AvgIpc) is 2.74. The highest BCUT2D eigenvalue weighted by molar-refractivity contribution is 7.91. The molecule has 0 aliphatic rings. The Balaban J connectivity index is 2.78. The smallest absolute Gasteiger partial charge is 0.316 e. The fourth-order valence-electron chi connectivity index (χ4n) is 1.34. The third kappa shape index (κ3) is 4.75. The van der Waals surface area contributed by atoms with Crippen LogP contribution in [-0.4, -0.2) is 39.5 Å². The Morgan fingerprint density at radius 3 is 2.58 bits per heavy atom. The second-order valence-corrected chi connectivity index (χ2v) is 7.18. The first-order chi connectivity index (χ1) is 8.66. The first kappa shape index (κ1) is 16.4. The number of hydrogen-bond acceptors (Lipinski definition) is 4. The van der Waals surface area contributed by atoms with E-state index in [2.05, 4.69) is 5.32 Å². The zero-order valence-electron chi connectivity index (χ0n) is 10.5. The van der Waals surface area contributed by atoms with Crippen LogP contribution in [-0.2, 0) is 16.6 Å². The Labute approximate surface area is 114 Å². The maximum absolute atomic E-state index is 12.1. The van der Waals surface area contributed by atoms with Gasteiger partial charge in [0, 0.05) is 20.1 Å². The molecule has 0 bridgehead atoms. The highest BCUT2D eigenvalue weighted by atomic mass is 32.2. The van der Waals surface area contributed by atoms with Crippen LogP contribution in [0.25, 0.3) is 0 Å². The summed E-state index contributed by atoms with van der Waals surface area (Å²) in [6.45, 7) is -0.0661. The lowest BCUT2D eigenvalue weighted by Gasteiger charge is -2.16. The molecule has 4 nitrogen and oxygen atoms in total. The molecule has 1 N–H and O–H groups in total. The number of alkyl halides is 3. The molecule has 0 radical (unpaired) electrons. The molecule has 0 saturated carbocycles. The van der Waals surface area contributed by atoms with Crippen molar-refractivity contribution in [2.75, 3.05) is 20.6 Å². The highest BCUT2D eigenvalue weighted by Crippen LogP contribution is 2.25. The van der Waals surface area contributed by atoms with Crippen molar-refractivity contribution in [3.8, 4) is 0 Å². The van der Waals surface area contributed by atoms with Gasteiger partial charge in [0.15, 0.2) is 0 Å². The van der Waals surface area contributed by atoms with Crippen molar-refractivity contribution in [2.45, 2.75) is 23.4 Å². The Morgan fingerprint density at radius 1 is 1.42 bits per heavy atom. The maximum Gasteiger partial charge on any atom is 0.390 e. The minimum atomic E-state index is -4.36. The zero-order chi connectivity index (χ0) is 14.7. The van der Waals surface area contributed by atoms with Crippen molar-refractivity contribution in [1.82, 2.24) is 9.62 Å². The summed E-state index contributed by atoms with van der Waals surface area (Å²) in [5.41, 5.74) is 0.787. The maximum atomic E-state index is 12.1. The molecule has 110 valence electrons. The second-order valence-electron chi connectivity index (χ2n) is 4.00. The Kier molecular flexibility index (Phi) is 5.36. The lowest BCUT2D eigenvalue weighted by atomic mass is 10.3. The van der Waals surface area contributed by atoms with E-state index in [-0.39, 0.29) is 4.21 Å². The lowest BCUT2D eigenvalue weighted by molar-refractivity contribution is -0.135. The summed E-state index contributed by atoms with van der Waals surface area (Å²) in [5.74, 6) is 0. The van der Waals surface area contributed by atoms with Gasteiger partial charge in [-0.05, 0) is 24.1 Å². The lowest BCUT2D eigenvalue weighted by Crippen LogP contribution is -2.30. The molecular formula is C10H15F3N2O2S2. The number of hydrogen-bond donors (Lipinski definition) is 1. The third-order valence-corrected chi connectivity index (χ3v) is 5.71. The fraction of sp³-hybridized carbons (Fsp3) is 0.600. The normalized spacial score (nSPS) is 13.2. The highest BCUT2D eigenvalue weighted by Gasteiger charge is 2.30. The number of nitrogens with zero attached hydrogens (tertiary/aromatic N) is 1. The molecule has 0 unspecified atom stereocenters. The van der Waals surface area contributed by atoms with Crippen LogP contribution < -0.4 is 5.32 Å². The Hall–Kier alpha value is -0.640. The molecule has 0 aliphatic heterocycles. The third-order valence-electron chi connectivity index (χ3n) is 2.39. The zero-order valence-corrected chi connectivity index (χ0v) is 12.1. The van der Waals surface area contributed by atoms with Gasteiger partial charge in [0.25, 0.3) is 10.0 Å². The van der Waals surface area contributed by atoms with Gasteiger partial charge in [-0.15, -0.1) is 11.3 Å². The van der Waals surface area contributed by atoms with Gasteiger partial charge in [0.2, 0.25) is 0 Å². The van der Waals surface area contributed by atoms with E-state index in [0.29, 0.717) is 6.54 Å². The molecule has 0 spiro atoms. The van der Waals surface area contributed by atoms with Gasteiger partial charge in [-0.2, -0.15) is 17.5 Å². The monoisotopic (exact) mass is 316 g/mol. The van der Waals surface area contributed by atoms with Gasteiger partial charge in [-0.1, -0.05) is 0 Å². The molecule has 9 heteroatoms. The van der Waals surface area contributed by atoms with Crippen LogP contribution >= 0.6 is 11.3 Å². The van der Waals surface area contributed by atoms with Crippen LogP contribution in [0.5, 0.6) is 0 Å². The minimum absolute atomic E-state index is 0.0578. The van der Waals surface area contributed by atoms with Gasteiger partial charge in [-0.3, -0.25) is 0 Å². The largest absolute Gasteiger partial charge is 0.390 e. The molecule has 1 heterocycles. The predicted molar refractivity (Wildman–Crippen MR) is 67.6 cm³/mol. The fourth-order valence-corrected chi connectivity index (χ4v) is 3.93. The van der Waals surface area contributed by atoms with Crippen molar-refractivity contribution in [2.24, 2.45) is 0 Å². The van der Waals surface area contributed by atoms with Gasteiger partial charge < -0.3 is 5.32 Å². The summed E-state index contributed by atoms with van der Waals surface area (Å²) in [4.78, 5) is 0. The number of sulfonamides is 1. The molecule has 0 aliphatic carbocycles. The first-order valence-electron chi connectivity index (χ1n) is 5.42. The average molecular weight is 316 g/mol. The number of thiophene rings is 1. The molecular weight excluding hydrogens is 301 g/mol. The summed E-state index contributed by atoms with van der Waals surface area (Å²) in [5, 5.41) is 4.54. The van der Waals surface area contributed by atoms with E-state index >= 15 is 0 Å². The van der Waals surface area contributed by atoms with Crippen LogP contribution in [0.1, 0.15) is 12.0 Å². The molecule has 1 aromatic heterocycles. The van der Waals surface area contributed by atoms with Gasteiger partial charge in [-0.25, -0.2) is 8.42 Å². The van der Waals surface area contributed by atoms with Crippen molar-refractivity contribution in [3.63, 3.8) is 0 Å². The van der Waals surface area contributed by atoms with E-state index in [4.69, 9.17) is 0 Å². The number of nitrogens with one attached hydrogen (secondary N) is 1. The molecule has 0 amide bonds. The quantitative estimate of drug-likeness (QED) is 0.874. The van der Waals surface area contributed by atoms with E-state index in [9.17, 15) is 21.6 Å². The van der Waals surface area contributed by atoms with Crippen LogP contribution in [0.3, 0.4) is 0 Å². The Bertz CT molecular complexity index is 511. The van der Waals surface area contributed by atoms with Gasteiger partial charge >= 0.3 is 6.18 Å². The van der Waals surface area contributed by atoms with Crippen LogP contribution in [0.2, 0.25) is 0 Å². The van der Waals surface area contributed by atoms with Crippen molar-refractivity contribution < 1.29 is 21.6 Å². The van der Waals surface area contributed by atoms with Crippen molar-refractivity contribution in [3.05, 3.63) is 17.0 Å². The van der Waals surface area contributed by atoms with E-state index < -0.39 is 29.2 Å². The summed E-state index contributed by atoms with van der Waals surface area (Å²) >= 11 is 1.01. The van der Waals surface area contributed by atoms with E-state index in [1.807, 2.05) is 0 Å². The summed E-state index contributed by atoms with van der Waals surface area (Å²) in [7, 11) is -0.960. The van der Waals surface area contributed by atoms with Crippen molar-refractivity contribution in [1.29, 1.82) is 0 Å². The molecule has 0 fully saturated rings. The molecule has 0 saturated heterocycles. The summed E-state index contributed by atoms with van der Waals surface area (Å²) < 4.78 is 61.1. The minimum Gasteiger partial charge on any atom is -0.316 e.